The fourth-order valence-corrected chi connectivity index (χ4v) is 1.22. The van der Waals surface area contributed by atoms with Gasteiger partial charge in [-0.2, -0.15) is 0 Å². The van der Waals surface area contributed by atoms with Crippen LogP contribution in [0.4, 0.5) is 8.78 Å². The van der Waals surface area contributed by atoms with Crippen molar-refractivity contribution < 1.29 is 18.3 Å². The zero-order valence-corrected chi connectivity index (χ0v) is 8.00. The molecule has 1 saturated heterocycles. The first-order chi connectivity index (χ1) is 6.61. The minimum atomic E-state index is -2.44. The molecule has 1 fully saturated rings. The number of hydrogen-bond donors (Lipinski definition) is 1. The molecular formula is C8H14F2N2O2. The number of ether oxygens (including phenoxy) is 1. The van der Waals surface area contributed by atoms with Crippen LogP contribution < -0.4 is 5.32 Å². The van der Waals surface area contributed by atoms with Crippen LogP contribution in [0, 0.1) is 0 Å². The van der Waals surface area contributed by atoms with Crippen molar-refractivity contribution in [2.24, 2.45) is 0 Å². The molecule has 1 rings (SSSR count). The molecule has 4 nitrogen and oxygen atoms in total. The van der Waals surface area contributed by atoms with Crippen LogP contribution in [-0.4, -0.2) is 49.7 Å². The molecule has 0 bridgehead atoms. The quantitative estimate of drug-likeness (QED) is 0.649. The smallest absolute Gasteiger partial charge is 0.261 e. The highest BCUT2D eigenvalue weighted by Crippen LogP contribution is 2.02. The molecule has 1 atom stereocenters. The van der Waals surface area contributed by atoms with E-state index in [0.29, 0.717) is 13.2 Å². The summed E-state index contributed by atoms with van der Waals surface area (Å²) in [4.78, 5) is 12.8. The van der Waals surface area contributed by atoms with E-state index in [4.69, 9.17) is 0 Å². The Morgan fingerprint density at radius 1 is 1.71 bits per heavy atom. The molecule has 82 valence electrons. The van der Waals surface area contributed by atoms with Crippen LogP contribution in [0.3, 0.4) is 0 Å². The van der Waals surface area contributed by atoms with E-state index in [1.54, 1.807) is 11.8 Å². The lowest BCUT2D eigenvalue weighted by Crippen LogP contribution is -2.31. The minimum absolute atomic E-state index is 0.00866. The molecule has 14 heavy (non-hydrogen) atoms. The fraction of sp³-hybridized carbons (Fsp3) is 0.875. The third kappa shape index (κ3) is 3.19. The number of alkyl halides is 2. The Balaban J connectivity index is 2.10. The predicted molar refractivity (Wildman–Crippen MR) is 46.0 cm³/mol. The van der Waals surface area contributed by atoms with Crippen molar-refractivity contribution in [3.63, 3.8) is 0 Å². The van der Waals surface area contributed by atoms with Gasteiger partial charge in [-0.1, -0.05) is 0 Å². The normalized spacial score (nSPS) is 22.4. The largest absolute Gasteiger partial charge is 0.374 e. The van der Waals surface area contributed by atoms with Crippen LogP contribution >= 0.6 is 0 Å². The molecule has 1 aliphatic rings. The average Bonchev–Trinajstić information content (AvgIpc) is 2.43. The second-order valence-corrected chi connectivity index (χ2v) is 3.15. The van der Waals surface area contributed by atoms with E-state index in [1.165, 1.54) is 0 Å². The highest BCUT2D eigenvalue weighted by Gasteiger charge is 2.26. The van der Waals surface area contributed by atoms with E-state index < -0.39 is 13.0 Å². The molecule has 0 spiro atoms. The third-order valence-electron chi connectivity index (χ3n) is 2.02. The lowest BCUT2D eigenvalue weighted by atomic mass is 10.3. The molecule has 1 N–H and O–H groups in total. The van der Waals surface area contributed by atoms with Crippen LogP contribution in [-0.2, 0) is 9.53 Å². The van der Waals surface area contributed by atoms with Crippen LogP contribution in [0.1, 0.15) is 6.92 Å². The summed E-state index contributed by atoms with van der Waals surface area (Å²) < 4.78 is 28.0. The summed E-state index contributed by atoms with van der Waals surface area (Å²) >= 11 is 0. The molecule has 1 aliphatic heterocycles. The Morgan fingerprint density at radius 3 is 2.93 bits per heavy atom. The van der Waals surface area contributed by atoms with E-state index in [1.807, 2.05) is 0 Å². The summed E-state index contributed by atoms with van der Waals surface area (Å²) in [6.07, 6.45) is -2.44. The molecule has 1 unspecified atom stereocenters. The van der Waals surface area contributed by atoms with Gasteiger partial charge in [0.15, 0.2) is 0 Å². The lowest BCUT2D eigenvalue weighted by Gasteiger charge is -2.14. The van der Waals surface area contributed by atoms with Crippen molar-refractivity contribution in [1.29, 1.82) is 0 Å². The van der Waals surface area contributed by atoms with Crippen molar-refractivity contribution in [2.75, 3.05) is 26.4 Å². The molecule has 0 saturated carbocycles. The minimum Gasteiger partial charge on any atom is -0.374 e. The highest BCUT2D eigenvalue weighted by molar-refractivity contribution is 5.83. The van der Waals surface area contributed by atoms with Crippen LogP contribution in [0.25, 0.3) is 0 Å². The SMILES string of the molecule is CC1NCN(CCOCC(F)F)C1=O. The van der Waals surface area contributed by atoms with E-state index >= 15 is 0 Å². The van der Waals surface area contributed by atoms with Gasteiger partial charge >= 0.3 is 0 Å². The van der Waals surface area contributed by atoms with Crippen molar-refractivity contribution >= 4 is 5.91 Å². The molecule has 0 aromatic heterocycles. The van der Waals surface area contributed by atoms with Gasteiger partial charge in [0.05, 0.1) is 19.3 Å². The van der Waals surface area contributed by atoms with E-state index in [2.05, 4.69) is 10.1 Å². The topological polar surface area (TPSA) is 41.6 Å². The molecule has 0 aromatic rings. The first-order valence-corrected chi connectivity index (χ1v) is 4.49. The van der Waals surface area contributed by atoms with Gasteiger partial charge in [-0.15, -0.1) is 0 Å². The summed E-state index contributed by atoms with van der Waals surface area (Å²) in [5.41, 5.74) is 0. The van der Waals surface area contributed by atoms with Crippen LogP contribution in [0.5, 0.6) is 0 Å². The lowest BCUT2D eigenvalue weighted by molar-refractivity contribution is -0.129. The van der Waals surface area contributed by atoms with Crippen molar-refractivity contribution in [2.45, 2.75) is 19.4 Å². The van der Waals surface area contributed by atoms with Crippen molar-refractivity contribution in [1.82, 2.24) is 10.2 Å². The maximum absolute atomic E-state index is 11.7. The summed E-state index contributed by atoms with van der Waals surface area (Å²) in [6, 6.07) is -0.176. The average molecular weight is 208 g/mol. The number of rotatable bonds is 5. The van der Waals surface area contributed by atoms with Gasteiger partial charge in [0.2, 0.25) is 5.91 Å². The number of halogens is 2. The van der Waals surface area contributed by atoms with Crippen molar-refractivity contribution in [3.8, 4) is 0 Å². The summed E-state index contributed by atoms with van der Waals surface area (Å²) in [7, 11) is 0. The third-order valence-corrected chi connectivity index (χ3v) is 2.02. The van der Waals surface area contributed by atoms with Gasteiger partial charge in [0.25, 0.3) is 6.43 Å². The second kappa shape index (κ2) is 5.21. The van der Waals surface area contributed by atoms with Gasteiger partial charge < -0.3 is 9.64 Å². The van der Waals surface area contributed by atoms with Gasteiger partial charge in [-0.3, -0.25) is 10.1 Å². The van der Waals surface area contributed by atoms with Gasteiger partial charge in [0.1, 0.15) is 6.61 Å². The molecule has 0 radical (unpaired) electrons. The van der Waals surface area contributed by atoms with E-state index in [0.717, 1.165) is 0 Å². The zero-order chi connectivity index (χ0) is 10.6. The molecule has 0 aromatic carbocycles. The van der Waals surface area contributed by atoms with E-state index in [9.17, 15) is 13.6 Å². The number of nitrogens with zero attached hydrogens (tertiary/aromatic N) is 1. The number of hydrogen-bond acceptors (Lipinski definition) is 3. The molecular weight excluding hydrogens is 194 g/mol. The number of nitrogens with one attached hydrogen (secondary N) is 1. The Hall–Kier alpha value is -0.750. The first-order valence-electron chi connectivity index (χ1n) is 4.49. The predicted octanol–water partition coefficient (Wildman–Crippen LogP) is 0.0459. The summed E-state index contributed by atoms with van der Waals surface area (Å²) in [6.45, 7) is 2.19. The van der Waals surface area contributed by atoms with Gasteiger partial charge in [-0.05, 0) is 6.92 Å². The Bertz CT molecular complexity index is 202. The monoisotopic (exact) mass is 208 g/mol. The molecule has 1 heterocycles. The second-order valence-electron chi connectivity index (χ2n) is 3.15. The standard InChI is InChI=1S/C8H14F2N2O2/c1-6-8(13)12(5-11-6)2-3-14-4-7(9)10/h6-7,11H,2-5H2,1H3. The number of amides is 1. The summed E-state index contributed by atoms with van der Waals surface area (Å²) in [5.74, 6) is -0.00866. The van der Waals surface area contributed by atoms with Gasteiger partial charge in [0, 0.05) is 6.54 Å². The Labute approximate surface area is 81.2 Å². The number of carbonyl (C=O) groups is 1. The zero-order valence-electron chi connectivity index (χ0n) is 8.00. The first kappa shape index (κ1) is 11.3. The molecule has 6 heteroatoms. The number of carbonyl (C=O) groups excluding carboxylic acids is 1. The Kier molecular flexibility index (Phi) is 4.21. The van der Waals surface area contributed by atoms with Crippen LogP contribution in [0.15, 0.2) is 0 Å². The molecule has 1 amide bonds. The highest BCUT2D eigenvalue weighted by atomic mass is 19.3. The molecule has 0 aliphatic carbocycles. The fourth-order valence-electron chi connectivity index (χ4n) is 1.22. The maximum atomic E-state index is 11.7. The maximum Gasteiger partial charge on any atom is 0.261 e. The van der Waals surface area contributed by atoms with Crippen LogP contribution in [0.2, 0.25) is 0 Å². The van der Waals surface area contributed by atoms with Gasteiger partial charge in [-0.25, -0.2) is 8.78 Å². The summed E-state index contributed by atoms with van der Waals surface area (Å²) in [5, 5.41) is 2.94. The van der Waals surface area contributed by atoms with E-state index in [-0.39, 0.29) is 18.6 Å². The van der Waals surface area contributed by atoms with Crippen molar-refractivity contribution in [3.05, 3.63) is 0 Å². The Morgan fingerprint density at radius 2 is 2.43 bits per heavy atom.